The largest absolute Gasteiger partial charge is 0.326 e. The molecular weight excluding hydrogens is 326 g/mol. The minimum Gasteiger partial charge on any atom is -0.326 e. The molecule has 0 aliphatic heterocycles. The lowest BCUT2D eigenvalue weighted by molar-refractivity contribution is -0.385. The normalized spacial score (nSPS) is 12.2. The molecule has 2 rings (SSSR count). The molecule has 1 atom stereocenters. The van der Waals surface area contributed by atoms with Gasteiger partial charge in [0.2, 0.25) is 5.91 Å². The highest BCUT2D eigenvalue weighted by Crippen LogP contribution is 2.26. The molecular formula is C17H21N3O3S. The molecule has 7 heteroatoms. The van der Waals surface area contributed by atoms with E-state index in [0.29, 0.717) is 24.2 Å². The van der Waals surface area contributed by atoms with Crippen LogP contribution in [-0.2, 0) is 4.79 Å². The zero-order valence-electron chi connectivity index (χ0n) is 14.0. The number of carbonyl (C=O) groups is 1. The van der Waals surface area contributed by atoms with Crippen LogP contribution in [0.1, 0.15) is 29.8 Å². The molecule has 0 saturated heterocycles. The van der Waals surface area contributed by atoms with Crippen molar-refractivity contribution >= 4 is 28.6 Å². The number of nitro benzene ring substituents is 1. The number of nitrogens with zero attached hydrogens (tertiary/aromatic N) is 2. The molecule has 24 heavy (non-hydrogen) atoms. The highest BCUT2D eigenvalue weighted by molar-refractivity contribution is 7.10. The maximum absolute atomic E-state index is 12.2. The van der Waals surface area contributed by atoms with Crippen LogP contribution in [-0.4, -0.2) is 29.3 Å². The Balaban J connectivity index is 1.92. The fraction of sp³-hybridized carbons (Fsp3) is 0.353. The summed E-state index contributed by atoms with van der Waals surface area (Å²) < 4.78 is 0. The molecule has 0 saturated carbocycles. The first-order valence-electron chi connectivity index (χ1n) is 7.67. The van der Waals surface area contributed by atoms with Crippen LogP contribution in [0.5, 0.6) is 0 Å². The minimum absolute atomic E-state index is 0.0104. The van der Waals surface area contributed by atoms with Crippen LogP contribution in [0.25, 0.3) is 0 Å². The van der Waals surface area contributed by atoms with Crippen LogP contribution in [0.15, 0.2) is 35.7 Å². The lowest BCUT2D eigenvalue weighted by Gasteiger charge is -2.23. The molecule has 128 valence electrons. The molecule has 0 radical (unpaired) electrons. The van der Waals surface area contributed by atoms with Gasteiger partial charge in [-0.3, -0.25) is 19.8 Å². The summed E-state index contributed by atoms with van der Waals surface area (Å²) in [5.41, 5.74) is 0.968. The van der Waals surface area contributed by atoms with E-state index >= 15 is 0 Å². The van der Waals surface area contributed by atoms with E-state index in [9.17, 15) is 14.9 Å². The monoisotopic (exact) mass is 347 g/mol. The molecule has 1 amide bonds. The number of rotatable bonds is 7. The highest BCUT2D eigenvalue weighted by Gasteiger charge is 2.16. The molecule has 1 aromatic heterocycles. The van der Waals surface area contributed by atoms with E-state index in [0.717, 1.165) is 0 Å². The smallest absolute Gasteiger partial charge is 0.274 e. The maximum Gasteiger partial charge on any atom is 0.274 e. The maximum atomic E-state index is 12.2. The third kappa shape index (κ3) is 4.39. The van der Waals surface area contributed by atoms with Crippen LogP contribution in [0, 0.1) is 17.0 Å². The number of amides is 1. The predicted octanol–water partition coefficient (Wildman–Crippen LogP) is 3.99. The minimum atomic E-state index is -0.443. The number of nitrogens with one attached hydrogen (secondary N) is 1. The molecule has 0 unspecified atom stereocenters. The number of carbonyl (C=O) groups excluding carboxylic acids is 1. The van der Waals surface area contributed by atoms with Crippen molar-refractivity contribution in [3.05, 3.63) is 56.3 Å². The zero-order chi connectivity index (χ0) is 17.7. The predicted molar refractivity (Wildman–Crippen MR) is 96.4 cm³/mol. The fourth-order valence-electron chi connectivity index (χ4n) is 2.39. The molecule has 1 aromatic carbocycles. The standard InChI is InChI=1S/C17H21N3O3S/c1-12-14(6-4-7-15(12)20(22)23)18-17(21)9-10-19(3)13(2)16-8-5-11-24-16/h4-8,11,13H,9-10H2,1-3H3,(H,18,21)/t13-/m1/s1. The summed E-state index contributed by atoms with van der Waals surface area (Å²) in [6.45, 7) is 4.35. The van der Waals surface area contributed by atoms with Crippen LogP contribution < -0.4 is 5.32 Å². The van der Waals surface area contributed by atoms with Gasteiger partial charge in [-0.15, -0.1) is 11.3 Å². The Labute approximate surface area is 145 Å². The van der Waals surface area contributed by atoms with Gasteiger partial charge in [0.05, 0.1) is 16.2 Å². The van der Waals surface area contributed by atoms with Crippen molar-refractivity contribution in [1.82, 2.24) is 4.90 Å². The van der Waals surface area contributed by atoms with Crippen molar-refractivity contribution in [2.24, 2.45) is 0 Å². The zero-order valence-corrected chi connectivity index (χ0v) is 14.8. The average molecular weight is 347 g/mol. The van der Waals surface area contributed by atoms with E-state index in [-0.39, 0.29) is 17.6 Å². The number of nitro groups is 1. The van der Waals surface area contributed by atoms with E-state index in [2.05, 4.69) is 23.2 Å². The fourth-order valence-corrected chi connectivity index (χ4v) is 3.24. The Morgan fingerprint density at radius 2 is 2.12 bits per heavy atom. The lowest BCUT2D eigenvalue weighted by atomic mass is 10.1. The van der Waals surface area contributed by atoms with Crippen LogP contribution in [0.4, 0.5) is 11.4 Å². The third-order valence-corrected chi connectivity index (χ3v) is 5.13. The van der Waals surface area contributed by atoms with Gasteiger partial charge in [-0.1, -0.05) is 12.1 Å². The van der Waals surface area contributed by atoms with Gasteiger partial charge in [0.25, 0.3) is 5.69 Å². The van der Waals surface area contributed by atoms with Gasteiger partial charge < -0.3 is 5.32 Å². The number of hydrogen-bond acceptors (Lipinski definition) is 5. The van der Waals surface area contributed by atoms with Gasteiger partial charge in [-0.25, -0.2) is 0 Å². The van der Waals surface area contributed by atoms with Gasteiger partial charge in [0.15, 0.2) is 0 Å². The van der Waals surface area contributed by atoms with Gasteiger partial charge in [0.1, 0.15) is 0 Å². The van der Waals surface area contributed by atoms with Crippen molar-refractivity contribution in [2.75, 3.05) is 18.9 Å². The third-order valence-electron chi connectivity index (χ3n) is 4.08. The average Bonchev–Trinajstić information content (AvgIpc) is 3.08. The molecule has 0 aliphatic rings. The summed E-state index contributed by atoms with van der Waals surface area (Å²) in [5.74, 6) is -0.149. The first kappa shape index (κ1) is 18.1. The van der Waals surface area contributed by atoms with Gasteiger partial charge in [0, 0.05) is 30.0 Å². The van der Waals surface area contributed by atoms with Crippen molar-refractivity contribution in [3.63, 3.8) is 0 Å². The number of benzene rings is 1. The molecule has 0 spiro atoms. The summed E-state index contributed by atoms with van der Waals surface area (Å²) in [4.78, 5) is 26.0. The second-order valence-electron chi connectivity index (χ2n) is 5.68. The molecule has 0 bridgehead atoms. The molecule has 6 nitrogen and oxygen atoms in total. The van der Waals surface area contributed by atoms with Crippen molar-refractivity contribution in [3.8, 4) is 0 Å². The van der Waals surface area contributed by atoms with E-state index in [1.165, 1.54) is 10.9 Å². The van der Waals surface area contributed by atoms with Crippen LogP contribution in [0.3, 0.4) is 0 Å². The Morgan fingerprint density at radius 1 is 1.38 bits per heavy atom. The number of anilines is 1. The molecule has 0 fully saturated rings. The molecule has 2 aromatic rings. The topological polar surface area (TPSA) is 75.5 Å². The number of thiophene rings is 1. The molecule has 1 N–H and O–H groups in total. The molecule has 0 aliphatic carbocycles. The van der Waals surface area contributed by atoms with Crippen LogP contribution >= 0.6 is 11.3 Å². The van der Waals surface area contributed by atoms with E-state index in [4.69, 9.17) is 0 Å². The SMILES string of the molecule is Cc1c(NC(=O)CCN(C)[C@H](C)c2cccs2)cccc1[N+](=O)[O-]. The Bertz CT molecular complexity index is 716. The van der Waals surface area contributed by atoms with Crippen molar-refractivity contribution in [1.29, 1.82) is 0 Å². The summed E-state index contributed by atoms with van der Waals surface area (Å²) in [5, 5.41) is 15.8. The molecule has 1 heterocycles. The van der Waals surface area contributed by atoms with E-state index in [1.54, 1.807) is 30.4 Å². The summed E-state index contributed by atoms with van der Waals surface area (Å²) in [6, 6.07) is 9.03. The Hall–Kier alpha value is -2.25. The second kappa shape index (κ2) is 8.03. The van der Waals surface area contributed by atoms with E-state index in [1.807, 2.05) is 18.5 Å². The van der Waals surface area contributed by atoms with Gasteiger partial charge in [-0.2, -0.15) is 0 Å². The lowest BCUT2D eigenvalue weighted by Crippen LogP contribution is -2.26. The van der Waals surface area contributed by atoms with E-state index < -0.39 is 4.92 Å². The Morgan fingerprint density at radius 3 is 2.75 bits per heavy atom. The van der Waals surface area contributed by atoms with Crippen molar-refractivity contribution in [2.45, 2.75) is 26.3 Å². The number of hydrogen-bond donors (Lipinski definition) is 1. The highest BCUT2D eigenvalue weighted by atomic mass is 32.1. The van der Waals surface area contributed by atoms with Gasteiger partial charge >= 0.3 is 0 Å². The summed E-state index contributed by atoms with van der Waals surface area (Å²) in [7, 11) is 1.98. The first-order valence-corrected chi connectivity index (χ1v) is 8.55. The van der Waals surface area contributed by atoms with Crippen molar-refractivity contribution < 1.29 is 9.72 Å². The first-order chi connectivity index (χ1) is 11.4. The van der Waals surface area contributed by atoms with Crippen LogP contribution in [0.2, 0.25) is 0 Å². The quantitative estimate of drug-likeness (QED) is 0.607. The summed E-state index contributed by atoms with van der Waals surface area (Å²) in [6.07, 6.45) is 0.328. The Kier molecular flexibility index (Phi) is 6.05. The summed E-state index contributed by atoms with van der Waals surface area (Å²) >= 11 is 1.70. The van der Waals surface area contributed by atoms with Gasteiger partial charge in [-0.05, 0) is 38.4 Å². The second-order valence-corrected chi connectivity index (χ2v) is 6.66.